The van der Waals surface area contributed by atoms with Crippen molar-refractivity contribution in [1.82, 2.24) is 19.6 Å². The first-order valence-corrected chi connectivity index (χ1v) is 9.10. The summed E-state index contributed by atoms with van der Waals surface area (Å²) in [5.41, 5.74) is 1.92. The molecule has 1 aromatic carbocycles. The number of carbonyl (C=O) groups excluding carboxylic acids is 1. The van der Waals surface area contributed by atoms with Crippen LogP contribution in [0.25, 0.3) is 0 Å². The number of nitrogens with zero attached hydrogens (tertiary/aromatic N) is 4. The number of carbonyl (C=O) groups is 1. The van der Waals surface area contributed by atoms with Crippen LogP contribution in [-0.4, -0.2) is 52.2 Å². The lowest BCUT2D eigenvalue weighted by Gasteiger charge is -2.33. The van der Waals surface area contributed by atoms with Gasteiger partial charge >= 0.3 is 0 Å². The molecule has 6 heteroatoms. The smallest absolute Gasteiger partial charge is 0.256 e. The van der Waals surface area contributed by atoms with Gasteiger partial charge in [-0.25, -0.2) is 0 Å². The fourth-order valence-corrected chi connectivity index (χ4v) is 3.66. The van der Waals surface area contributed by atoms with E-state index >= 15 is 0 Å². The van der Waals surface area contributed by atoms with Crippen molar-refractivity contribution >= 4 is 17.5 Å². The van der Waals surface area contributed by atoms with E-state index in [0.717, 1.165) is 44.0 Å². The minimum Gasteiger partial charge on any atom is -0.341 e. The highest BCUT2D eigenvalue weighted by atomic mass is 35.5. The van der Waals surface area contributed by atoms with Crippen LogP contribution in [0.1, 0.15) is 28.8 Å². The number of piperidine rings is 1. The van der Waals surface area contributed by atoms with Crippen molar-refractivity contribution in [2.75, 3.05) is 26.7 Å². The molecule has 3 rings (SSSR count). The van der Waals surface area contributed by atoms with Crippen LogP contribution in [0.5, 0.6) is 0 Å². The molecule has 0 spiro atoms. The van der Waals surface area contributed by atoms with Crippen LogP contribution < -0.4 is 0 Å². The highest BCUT2D eigenvalue weighted by Gasteiger charge is 2.23. The van der Waals surface area contributed by atoms with Gasteiger partial charge < -0.3 is 4.90 Å². The summed E-state index contributed by atoms with van der Waals surface area (Å²) in [5.74, 6) is 0.607. The predicted molar refractivity (Wildman–Crippen MR) is 99.6 cm³/mol. The largest absolute Gasteiger partial charge is 0.341 e. The number of aromatic nitrogens is 2. The highest BCUT2D eigenvalue weighted by Crippen LogP contribution is 2.21. The van der Waals surface area contributed by atoms with Crippen molar-refractivity contribution in [1.29, 1.82) is 0 Å². The topological polar surface area (TPSA) is 41.4 Å². The fourth-order valence-electron chi connectivity index (χ4n) is 3.44. The van der Waals surface area contributed by atoms with Crippen LogP contribution in [-0.2, 0) is 13.6 Å². The van der Waals surface area contributed by atoms with E-state index in [4.69, 9.17) is 11.6 Å². The molecular weight excluding hydrogens is 336 g/mol. The van der Waals surface area contributed by atoms with Crippen molar-refractivity contribution in [3.63, 3.8) is 0 Å². The number of amides is 1. The SMILES string of the molecule is CN(CC1CCN(Cc2cccc(Cl)c2)CC1)C(=O)c1cnn(C)c1. The van der Waals surface area contributed by atoms with E-state index in [1.807, 2.05) is 37.2 Å². The van der Waals surface area contributed by atoms with Gasteiger partial charge in [0.2, 0.25) is 0 Å². The first kappa shape index (κ1) is 18.0. The maximum absolute atomic E-state index is 12.4. The summed E-state index contributed by atoms with van der Waals surface area (Å²) in [6, 6.07) is 8.07. The van der Waals surface area contributed by atoms with Crippen LogP contribution in [0.4, 0.5) is 0 Å². The van der Waals surface area contributed by atoms with Gasteiger partial charge in [-0.05, 0) is 49.5 Å². The van der Waals surface area contributed by atoms with Crippen molar-refractivity contribution in [3.8, 4) is 0 Å². The molecule has 1 fully saturated rings. The second-order valence-electron chi connectivity index (χ2n) is 6.94. The number of likely N-dealkylation sites (tertiary alicyclic amines) is 1. The van der Waals surface area contributed by atoms with Crippen molar-refractivity contribution < 1.29 is 4.79 Å². The number of aryl methyl sites for hydroxylation is 1. The molecule has 2 aromatic rings. The monoisotopic (exact) mass is 360 g/mol. The van der Waals surface area contributed by atoms with Crippen molar-refractivity contribution in [2.24, 2.45) is 13.0 Å². The Hall–Kier alpha value is -1.85. The maximum atomic E-state index is 12.4. The second-order valence-corrected chi connectivity index (χ2v) is 7.37. The van der Waals surface area contributed by atoms with E-state index in [1.165, 1.54) is 5.56 Å². The molecule has 134 valence electrons. The molecule has 0 radical (unpaired) electrons. The van der Waals surface area contributed by atoms with E-state index in [-0.39, 0.29) is 5.91 Å². The third-order valence-corrected chi connectivity index (χ3v) is 5.07. The quantitative estimate of drug-likeness (QED) is 0.822. The van der Waals surface area contributed by atoms with Crippen molar-refractivity contribution in [3.05, 3.63) is 52.8 Å². The van der Waals surface area contributed by atoms with Crippen molar-refractivity contribution in [2.45, 2.75) is 19.4 Å². The summed E-state index contributed by atoms with van der Waals surface area (Å²) >= 11 is 6.06. The number of hydrogen-bond acceptors (Lipinski definition) is 3. The molecule has 1 aliphatic rings. The molecule has 1 aliphatic heterocycles. The molecule has 0 atom stereocenters. The van der Waals surface area contributed by atoms with Gasteiger partial charge in [0, 0.05) is 38.4 Å². The van der Waals surface area contributed by atoms with Crippen LogP contribution >= 0.6 is 11.6 Å². The Morgan fingerprint density at radius 2 is 2.12 bits per heavy atom. The van der Waals surface area contributed by atoms with Gasteiger partial charge in [-0.2, -0.15) is 5.10 Å². The number of rotatable bonds is 5. The van der Waals surface area contributed by atoms with E-state index in [9.17, 15) is 4.79 Å². The Kier molecular flexibility index (Phi) is 5.76. The molecule has 2 heterocycles. The van der Waals surface area contributed by atoms with E-state index in [0.29, 0.717) is 11.5 Å². The average molecular weight is 361 g/mol. The Balaban J connectivity index is 1.46. The number of halogens is 1. The van der Waals surface area contributed by atoms with Gasteiger partial charge in [-0.15, -0.1) is 0 Å². The molecule has 0 saturated carbocycles. The fraction of sp³-hybridized carbons (Fsp3) is 0.474. The molecule has 25 heavy (non-hydrogen) atoms. The lowest BCUT2D eigenvalue weighted by molar-refractivity contribution is 0.0737. The summed E-state index contributed by atoms with van der Waals surface area (Å²) in [5, 5.41) is 4.87. The average Bonchev–Trinajstić information content (AvgIpc) is 3.02. The van der Waals surface area contributed by atoms with Crippen LogP contribution in [0.15, 0.2) is 36.7 Å². The Labute approximate surface area is 154 Å². The zero-order chi connectivity index (χ0) is 17.8. The Morgan fingerprint density at radius 1 is 1.36 bits per heavy atom. The summed E-state index contributed by atoms with van der Waals surface area (Å²) < 4.78 is 1.66. The first-order valence-electron chi connectivity index (χ1n) is 8.72. The van der Waals surface area contributed by atoms with Crippen LogP contribution in [0.3, 0.4) is 0 Å². The summed E-state index contributed by atoms with van der Waals surface area (Å²) in [6.45, 7) is 3.87. The standard InChI is InChI=1S/C19H25ClN4O/c1-22(19(25)17-11-21-23(2)14-17)12-15-6-8-24(9-7-15)13-16-4-3-5-18(20)10-16/h3-5,10-11,14-15H,6-9,12-13H2,1-2H3. The minimum atomic E-state index is 0.0504. The lowest BCUT2D eigenvalue weighted by atomic mass is 9.95. The summed E-state index contributed by atoms with van der Waals surface area (Å²) in [7, 11) is 3.71. The first-order chi connectivity index (χ1) is 12.0. The van der Waals surface area contributed by atoms with E-state index in [1.54, 1.807) is 17.1 Å². The van der Waals surface area contributed by atoms with Gasteiger partial charge in [0.15, 0.2) is 0 Å². The highest BCUT2D eigenvalue weighted by molar-refractivity contribution is 6.30. The lowest BCUT2D eigenvalue weighted by Crippen LogP contribution is -2.39. The molecule has 0 aliphatic carbocycles. The number of benzene rings is 1. The molecule has 1 aromatic heterocycles. The molecule has 5 nitrogen and oxygen atoms in total. The molecule has 1 amide bonds. The maximum Gasteiger partial charge on any atom is 0.256 e. The molecular formula is C19H25ClN4O. The number of hydrogen-bond donors (Lipinski definition) is 0. The van der Waals surface area contributed by atoms with Crippen LogP contribution in [0.2, 0.25) is 5.02 Å². The predicted octanol–water partition coefficient (Wildman–Crippen LogP) is 3.06. The van der Waals surface area contributed by atoms with Gasteiger partial charge in [0.25, 0.3) is 5.91 Å². The second kappa shape index (κ2) is 8.02. The van der Waals surface area contributed by atoms with E-state index in [2.05, 4.69) is 16.1 Å². The van der Waals surface area contributed by atoms with Gasteiger partial charge in [0.05, 0.1) is 11.8 Å². The zero-order valence-electron chi connectivity index (χ0n) is 14.9. The zero-order valence-corrected chi connectivity index (χ0v) is 15.6. The minimum absolute atomic E-state index is 0.0504. The van der Waals surface area contributed by atoms with Gasteiger partial charge in [0.1, 0.15) is 0 Å². The Bertz CT molecular complexity index is 722. The van der Waals surface area contributed by atoms with Crippen LogP contribution in [0, 0.1) is 5.92 Å². The molecule has 0 N–H and O–H groups in total. The van der Waals surface area contributed by atoms with E-state index < -0.39 is 0 Å². The third kappa shape index (κ3) is 4.83. The molecule has 1 saturated heterocycles. The molecule has 0 bridgehead atoms. The summed E-state index contributed by atoms with van der Waals surface area (Å²) in [6.07, 6.45) is 5.63. The normalized spacial score (nSPS) is 16.1. The summed E-state index contributed by atoms with van der Waals surface area (Å²) in [4.78, 5) is 16.7. The van der Waals surface area contributed by atoms with Gasteiger partial charge in [-0.1, -0.05) is 23.7 Å². The van der Waals surface area contributed by atoms with Gasteiger partial charge in [-0.3, -0.25) is 14.4 Å². The molecule has 0 unspecified atom stereocenters. The third-order valence-electron chi connectivity index (χ3n) is 4.83. The Morgan fingerprint density at radius 3 is 2.76 bits per heavy atom.